The highest BCUT2D eigenvalue weighted by molar-refractivity contribution is 5.51. The maximum absolute atomic E-state index is 5.89. The van der Waals surface area contributed by atoms with Gasteiger partial charge in [0, 0.05) is 13.1 Å². The molecule has 1 aromatic carbocycles. The van der Waals surface area contributed by atoms with Crippen LogP contribution in [0.4, 0.5) is 0 Å². The van der Waals surface area contributed by atoms with Gasteiger partial charge in [0.1, 0.15) is 0 Å². The minimum Gasteiger partial charge on any atom is -0.493 e. The Balaban J connectivity index is 1.80. The molecule has 0 saturated carbocycles. The van der Waals surface area contributed by atoms with Crippen LogP contribution in [-0.2, 0) is 0 Å². The molecule has 0 aromatic heterocycles. The molecule has 1 saturated heterocycles. The quantitative estimate of drug-likeness (QED) is 0.722. The van der Waals surface area contributed by atoms with Crippen molar-refractivity contribution in [3.8, 4) is 17.2 Å². The van der Waals surface area contributed by atoms with Crippen molar-refractivity contribution in [2.45, 2.75) is 26.2 Å². The summed E-state index contributed by atoms with van der Waals surface area (Å²) in [5, 5.41) is 0. The largest absolute Gasteiger partial charge is 0.493 e. The SMILES string of the molecule is COc1cccc(OC)c1OCCCN1CCC[C@H](C)C1. The van der Waals surface area contributed by atoms with E-state index in [-0.39, 0.29) is 0 Å². The van der Waals surface area contributed by atoms with Gasteiger partial charge in [0.2, 0.25) is 5.75 Å². The Morgan fingerprint density at radius 2 is 1.90 bits per heavy atom. The van der Waals surface area contributed by atoms with Gasteiger partial charge in [-0.15, -0.1) is 0 Å². The van der Waals surface area contributed by atoms with Crippen LogP contribution < -0.4 is 14.2 Å². The van der Waals surface area contributed by atoms with E-state index in [1.54, 1.807) is 14.2 Å². The predicted molar refractivity (Wildman–Crippen MR) is 84.5 cm³/mol. The molecule has 0 spiro atoms. The second-order valence-corrected chi connectivity index (χ2v) is 5.74. The van der Waals surface area contributed by atoms with Crippen LogP contribution in [0.5, 0.6) is 17.2 Å². The minimum atomic E-state index is 0.682. The summed E-state index contributed by atoms with van der Waals surface area (Å²) in [7, 11) is 3.30. The molecule has 1 atom stereocenters. The fourth-order valence-corrected chi connectivity index (χ4v) is 2.91. The number of likely N-dealkylation sites (tertiary alicyclic amines) is 1. The molecular formula is C17H27NO3. The monoisotopic (exact) mass is 293 g/mol. The highest BCUT2D eigenvalue weighted by Gasteiger charge is 2.16. The Morgan fingerprint density at radius 1 is 1.19 bits per heavy atom. The number of hydrogen-bond acceptors (Lipinski definition) is 4. The fourth-order valence-electron chi connectivity index (χ4n) is 2.91. The number of nitrogens with zero attached hydrogens (tertiary/aromatic N) is 1. The van der Waals surface area contributed by atoms with E-state index in [9.17, 15) is 0 Å². The summed E-state index contributed by atoms with van der Waals surface area (Å²) < 4.78 is 16.6. The van der Waals surface area contributed by atoms with Crippen LogP contribution in [0.3, 0.4) is 0 Å². The average Bonchev–Trinajstić information content (AvgIpc) is 2.51. The third-order valence-corrected chi connectivity index (χ3v) is 3.99. The number of piperidine rings is 1. The minimum absolute atomic E-state index is 0.682. The molecular weight excluding hydrogens is 266 g/mol. The summed E-state index contributed by atoms with van der Waals surface area (Å²) in [5.74, 6) is 2.98. The summed E-state index contributed by atoms with van der Waals surface area (Å²) in [6.45, 7) is 6.56. The number of rotatable bonds is 7. The first-order valence-corrected chi connectivity index (χ1v) is 7.80. The van der Waals surface area contributed by atoms with Crippen LogP contribution in [0, 0.1) is 5.92 Å². The number of para-hydroxylation sites is 1. The fraction of sp³-hybridized carbons (Fsp3) is 0.647. The van der Waals surface area contributed by atoms with E-state index in [0.29, 0.717) is 12.4 Å². The van der Waals surface area contributed by atoms with Crippen LogP contribution in [0.15, 0.2) is 18.2 Å². The molecule has 4 heteroatoms. The summed E-state index contributed by atoms with van der Waals surface area (Å²) in [6.07, 6.45) is 3.71. The number of methoxy groups -OCH3 is 2. The van der Waals surface area contributed by atoms with Crippen molar-refractivity contribution < 1.29 is 14.2 Å². The Morgan fingerprint density at radius 3 is 2.52 bits per heavy atom. The maximum Gasteiger partial charge on any atom is 0.203 e. The lowest BCUT2D eigenvalue weighted by molar-refractivity contribution is 0.168. The molecule has 0 N–H and O–H groups in total. The Hall–Kier alpha value is -1.42. The van der Waals surface area contributed by atoms with E-state index in [4.69, 9.17) is 14.2 Å². The van der Waals surface area contributed by atoms with E-state index >= 15 is 0 Å². The lowest BCUT2D eigenvalue weighted by Gasteiger charge is -2.30. The van der Waals surface area contributed by atoms with Crippen LogP contribution in [0.25, 0.3) is 0 Å². The molecule has 1 heterocycles. The van der Waals surface area contributed by atoms with Crippen LogP contribution in [0.2, 0.25) is 0 Å². The molecule has 21 heavy (non-hydrogen) atoms. The molecule has 0 unspecified atom stereocenters. The zero-order valence-corrected chi connectivity index (χ0v) is 13.4. The highest BCUT2D eigenvalue weighted by Crippen LogP contribution is 2.36. The molecule has 4 nitrogen and oxygen atoms in total. The van der Waals surface area contributed by atoms with Crippen molar-refractivity contribution in [1.29, 1.82) is 0 Å². The first-order chi connectivity index (χ1) is 10.2. The lowest BCUT2D eigenvalue weighted by atomic mass is 10.0. The topological polar surface area (TPSA) is 30.9 Å². The van der Waals surface area contributed by atoms with E-state index in [0.717, 1.165) is 30.4 Å². The number of hydrogen-bond donors (Lipinski definition) is 0. The highest BCUT2D eigenvalue weighted by atomic mass is 16.5. The zero-order chi connectivity index (χ0) is 15.1. The summed E-state index contributed by atoms with van der Waals surface area (Å²) in [6, 6.07) is 5.69. The molecule has 118 valence electrons. The molecule has 1 fully saturated rings. The molecule has 1 aliphatic heterocycles. The van der Waals surface area contributed by atoms with Gasteiger partial charge < -0.3 is 19.1 Å². The van der Waals surface area contributed by atoms with Gasteiger partial charge in [-0.2, -0.15) is 0 Å². The maximum atomic E-state index is 5.89. The third-order valence-electron chi connectivity index (χ3n) is 3.99. The van der Waals surface area contributed by atoms with E-state index in [2.05, 4.69) is 11.8 Å². The Labute approximate surface area is 128 Å². The van der Waals surface area contributed by atoms with Crippen LogP contribution >= 0.6 is 0 Å². The van der Waals surface area contributed by atoms with Crippen molar-refractivity contribution in [2.75, 3.05) is 40.5 Å². The summed E-state index contributed by atoms with van der Waals surface area (Å²) >= 11 is 0. The van der Waals surface area contributed by atoms with E-state index in [1.165, 1.54) is 25.9 Å². The zero-order valence-electron chi connectivity index (χ0n) is 13.4. The first kappa shape index (κ1) is 16.0. The average molecular weight is 293 g/mol. The van der Waals surface area contributed by atoms with Crippen molar-refractivity contribution in [2.24, 2.45) is 5.92 Å². The van der Waals surface area contributed by atoms with Crippen molar-refractivity contribution in [1.82, 2.24) is 4.90 Å². The number of ether oxygens (including phenoxy) is 3. The predicted octanol–water partition coefficient (Wildman–Crippen LogP) is 3.20. The molecule has 1 aromatic rings. The third kappa shape index (κ3) is 4.53. The first-order valence-electron chi connectivity index (χ1n) is 7.80. The molecule has 2 rings (SSSR count). The van der Waals surface area contributed by atoms with Crippen molar-refractivity contribution in [3.05, 3.63) is 18.2 Å². The van der Waals surface area contributed by atoms with Crippen molar-refractivity contribution in [3.63, 3.8) is 0 Å². The van der Waals surface area contributed by atoms with Gasteiger partial charge in [-0.25, -0.2) is 0 Å². The van der Waals surface area contributed by atoms with Gasteiger partial charge >= 0.3 is 0 Å². The van der Waals surface area contributed by atoms with E-state index in [1.807, 2.05) is 18.2 Å². The smallest absolute Gasteiger partial charge is 0.203 e. The molecule has 0 bridgehead atoms. The second kappa shape index (κ2) is 8.13. The van der Waals surface area contributed by atoms with Gasteiger partial charge in [0.15, 0.2) is 11.5 Å². The molecule has 1 aliphatic rings. The normalized spacial score (nSPS) is 19.3. The summed E-state index contributed by atoms with van der Waals surface area (Å²) in [4.78, 5) is 2.54. The molecule has 0 radical (unpaired) electrons. The van der Waals surface area contributed by atoms with Crippen LogP contribution in [-0.4, -0.2) is 45.4 Å². The van der Waals surface area contributed by atoms with Crippen LogP contribution in [0.1, 0.15) is 26.2 Å². The van der Waals surface area contributed by atoms with Gasteiger partial charge in [0.05, 0.1) is 20.8 Å². The van der Waals surface area contributed by atoms with Gasteiger partial charge in [-0.3, -0.25) is 0 Å². The standard InChI is InChI=1S/C17H27NO3/c1-14-7-5-10-18(13-14)11-6-12-21-17-15(19-2)8-4-9-16(17)20-3/h4,8-9,14H,5-7,10-13H2,1-3H3/t14-/m0/s1. The molecule has 0 aliphatic carbocycles. The molecule has 0 amide bonds. The summed E-state index contributed by atoms with van der Waals surface area (Å²) in [5.41, 5.74) is 0. The number of benzene rings is 1. The van der Waals surface area contributed by atoms with Gasteiger partial charge in [-0.05, 0) is 43.9 Å². The van der Waals surface area contributed by atoms with Gasteiger partial charge in [-0.1, -0.05) is 13.0 Å². The lowest BCUT2D eigenvalue weighted by Crippen LogP contribution is -2.35. The Kier molecular flexibility index (Phi) is 6.18. The van der Waals surface area contributed by atoms with Gasteiger partial charge in [0.25, 0.3) is 0 Å². The second-order valence-electron chi connectivity index (χ2n) is 5.74. The van der Waals surface area contributed by atoms with Crippen molar-refractivity contribution >= 4 is 0 Å². The van der Waals surface area contributed by atoms with E-state index < -0.39 is 0 Å². The Bertz CT molecular complexity index is 414.